The van der Waals surface area contributed by atoms with Crippen LogP contribution in [0.5, 0.6) is 0 Å². The Labute approximate surface area is 157 Å². The lowest BCUT2D eigenvalue weighted by molar-refractivity contribution is -0.127. The molecule has 1 aliphatic carbocycles. The van der Waals surface area contributed by atoms with Gasteiger partial charge in [-0.2, -0.15) is 5.26 Å². The van der Waals surface area contributed by atoms with E-state index >= 15 is 0 Å². The molecule has 1 saturated carbocycles. The van der Waals surface area contributed by atoms with Crippen LogP contribution < -0.4 is 5.32 Å². The summed E-state index contributed by atoms with van der Waals surface area (Å²) in [4.78, 5) is 13.7. The molecule has 0 aromatic heterocycles. The molecule has 1 fully saturated rings. The van der Waals surface area contributed by atoms with E-state index in [-0.39, 0.29) is 37.9 Å². The summed E-state index contributed by atoms with van der Waals surface area (Å²) in [5.74, 6) is -0.448. The summed E-state index contributed by atoms with van der Waals surface area (Å²) >= 11 is 0. The lowest BCUT2D eigenvalue weighted by Gasteiger charge is -2.21. The Morgan fingerprint density at radius 3 is 1.85 bits per heavy atom. The molecule has 0 unspecified atom stereocenters. The Kier molecular flexibility index (Phi) is 12.6. The molecule has 6 heteroatoms. The van der Waals surface area contributed by atoms with Gasteiger partial charge in [0.05, 0.1) is 13.2 Å². The predicted molar refractivity (Wildman–Crippen MR) is 102 cm³/mol. The number of hydrogen-bond acceptors (Lipinski definition) is 5. The fraction of sp³-hybridized carbons (Fsp3) is 0.800. The second-order valence-corrected chi connectivity index (χ2v) is 7.03. The van der Waals surface area contributed by atoms with Gasteiger partial charge >= 0.3 is 0 Å². The summed E-state index contributed by atoms with van der Waals surface area (Å²) in [6, 6.07) is 2.24. The molecule has 0 aliphatic heterocycles. The summed E-state index contributed by atoms with van der Waals surface area (Å²) in [5, 5.41) is 30.7. The third-order valence-corrected chi connectivity index (χ3v) is 4.95. The fourth-order valence-corrected chi connectivity index (χ4v) is 3.40. The van der Waals surface area contributed by atoms with Gasteiger partial charge in [-0.1, -0.05) is 57.8 Å². The molecule has 0 aromatic carbocycles. The van der Waals surface area contributed by atoms with Crippen molar-refractivity contribution in [2.45, 2.75) is 76.7 Å². The van der Waals surface area contributed by atoms with Crippen LogP contribution in [0.4, 0.5) is 0 Å². The van der Waals surface area contributed by atoms with E-state index in [2.05, 4.69) is 5.32 Å². The van der Waals surface area contributed by atoms with Crippen molar-refractivity contribution >= 4 is 5.91 Å². The van der Waals surface area contributed by atoms with Crippen molar-refractivity contribution in [3.63, 3.8) is 0 Å². The van der Waals surface area contributed by atoms with E-state index in [1.807, 2.05) is 6.07 Å². The van der Waals surface area contributed by atoms with Gasteiger partial charge < -0.3 is 20.4 Å². The Hall–Kier alpha value is -1.58. The first-order valence-electron chi connectivity index (χ1n) is 10.1. The van der Waals surface area contributed by atoms with Gasteiger partial charge in [-0.05, 0) is 12.8 Å². The van der Waals surface area contributed by atoms with Gasteiger partial charge in [0.1, 0.15) is 11.6 Å². The van der Waals surface area contributed by atoms with Crippen molar-refractivity contribution in [2.75, 3.05) is 26.3 Å². The van der Waals surface area contributed by atoms with Crippen LogP contribution in [0.2, 0.25) is 0 Å². The number of nitrogens with one attached hydrogen (secondary N) is 1. The first-order chi connectivity index (χ1) is 12.7. The highest BCUT2D eigenvalue weighted by molar-refractivity contribution is 5.97. The number of nitriles is 1. The minimum absolute atomic E-state index is 0.0259. The molecule has 0 saturated heterocycles. The van der Waals surface area contributed by atoms with Crippen LogP contribution in [0, 0.1) is 11.3 Å². The van der Waals surface area contributed by atoms with E-state index in [1.165, 1.54) is 68.9 Å². The van der Waals surface area contributed by atoms with Crippen molar-refractivity contribution in [3.05, 3.63) is 11.8 Å². The highest BCUT2D eigenvalue weighted by Gasteiger charge is 2.18. The molecule has 0 radical (unpaired) electrons. The Morgan fingerprint density at radius 2 is 1.42 bits per heavy atom. The Morgan fingerprint density at radius 1 is 0.962 bits per heavy atom. The monoisotopic (exact) mass is 365 g/mol. The molecular weight excluding hydrogens is 330 g/mol. The molecule has 0 bridgehead atoms. The fourth-order valence-electron chi connectivity index (χ4n) is 3.40. The first-order valence-corrected chi connectivity index (χ1v) is 10.1. The summed E-state index contributed by atoms with van der Waals surface area (Å²) < 4.78 is 0. The van der Waals surface area contributed by atoms with Gasteiger partial charge in [0.15, 0.2) is 0 Å². The number of rotatable bonds is 7. The van der Waals surface area contributed by atoms with Crippen LogP contribution in [0.1, 0.15) is 70.6 Å². The van der Waals surface area contributed by atoms with Crippen molar-refractivity contribution in [3.8, 4) is 6.07 Å². The molecule has 6 nitrogen and oxygen atoms in total. The van der Waals surface area contributed by atoms with Gasteiger partial charge in [0.25, 0.3) is 5.91 Å². The Balaban J connectivity index is 2.64. The van der Waals surface area contributed by atoms with Gasteiger partial charge in [-0.3, -0.25) is 4.79 Å². The van der Waals surface area contributed by atoms with Crippen LogP contribution in [-0.4, -0.2) is 53.4 Å². The largest absolute Gasteiger partial charge is 0.395 e. The second kappa shape index (κ2) is 14.6. The number of aliphatic hydroxyl groups is 2. The number of hydrogen-bond donors (Lipinski definition) is 3. The molecule has 0 atom stereocenters. The van der Waals surface area contributed by atoms with Crippen molar-refractivity contribution in [2.24, 2.45) is 0 Å². The van der Waals surface area contributed by atoms with Crippen LogP contribution in [-0.2, 0) is 4.79 Å². The summed E-state index contributed by atoms with van der Waals surface area (Å²) in [6.45, 7) is -0.162. The van der Waals surface area contributed by atoms with E-state index < -0.39 is 5.91 Å². The quantitative estimate of drug-likeness (QED) is 0.476. The van der Waals surface area contributed by atoms with E-state index in [4.69, 9.17) is 10.2 Å². The zero-order valence-corrected chi connectivity index (χ0v) is 16.0. The summed E-state index contributed by atoms with van der Waals surface area (Å²) in [5.41, 5.74) is 0.0259. The molecule has 0 spiro atoms. The number of nitrogens with zero attached hydrogens (tertiary/aromatic N) is 2. The highest BCUT2D eigenvalue weighted by atomic mass is 16.3. The lowest BCUT2D eigenvalue weighted by Crippen LogP contribution is -2.37. The third-order valence-electron chi connectivity index (χ3n) is 4.95. The molecule has 1 amide bonds. The lowest BCUT2D eigenvalue weighted by atomic mass is 9.98. The molecule has 3 N–H and O–H groups in total. The van der Waals surface area contributed by atoms with Crippen LogP contribution in [0.3, 0.4) is 0 Å². The number of carbonyl (C=O) groups excluding carboxylic acids is 1. The predicted octanol–water partition coefficient (Wildman–Crippen LogP) is 2.47. The average Bonchev–Trinajstić information content (AvgIpc) is 2.63. The molecule has 26 heavy (non-hydrogen) atoms. The van der Waals surface area contributed by atoms with Crippen molar-refractivity contribution < 1.29 is 15.0 Å². The van der Waals surface area contributed by atoms with E-state index in [0.717, 1.165) is 12.8 Å². The SMILES string of the molecule is N#C/C(=C/NC1CCCCCCCCCCC1)C(=O)N(CCO)CCO. The number of amides is 1. The van der Waals surface area contributed by atoms with E-state index in [0.29, 0.717) is 0 Å². The third kappa shape index (κ3) is 9.21. The zero-order chi connectivity index (χ0) is 19.0. The summed E-state index contributed by atoms with van der Waals surface area (Å²) in [6.07, 6.45) is 15.1. The first kappa shape index (κ1) is 22.5. The molecule has 148 valence electrons. The van der Waals surface area contributed by atoms with Gasteiger partial charge in [0.2, 0.25) is 0 Å². The molecule has 0 aromatic rings. The van der Waals surface area contributed by atoms with Crippen molar-refractivity contribution in [1.82, 2.24) is 10.2 Å². The number of aliphatic hydroxyl groups excluding tert-OH is 2. The topological polar surface area (TPSA) is 96.6 Å². The minimum Gasteiger partial charge on any atom is -0.395 e. The van der Waals surface area contributed by atoms with Crippen LogP contribution in [0.25, 0.3) is 0 Å². The van der Waals surface area contributed by atoms with Crippen LogP contribution in [0.15, 0.2) is 11.8 Å². The van der Waals surface area contributed by atoms with Crippen molar-refractivity contribution in [1.29, 1.82) is 5.26 Å². The average molecular weight is 366 g/mol. The van der Waals surface area contributed by atoms with Gasteiger partial charge in [-0.25, -0.2) is 0 Å². The maximum Gasteiger partial charge on any atom is 0.266 e. The zero-order valence-electron chi connectivity index (χ0n) is 16.0. The van der Waals surface area contributed by atoms with Gasteiger partial charge in [0, 0.05) is 25.3 Å². The highest BCUT2D eigenvalue weighted by Crippen LogP contribution is 2.17. The Bertz CT molecular complexity index is 442. The molecule has 0 heterocycles. The minimum atomic E-state index is -0.448. The van der Waals surface area contributed by atoms with E-state index in [9.17, 15) is 10.1 Å². The standard InChI is InChI=1S/C20H35N3O3/c21-16-18(20(26)23(12-14-24)13-15-25)17-22-19-10-8-6-4-2-1-3-5-7-9-11-19/h17,19,22,24-25H,1-15H2/b18-17-. The maximum atomic E-state index is 12.4. The molecule has 1 rings (SSSR count). The molecule has 1 aliphatic rings. The van der Waals surface area contributed by atoms with Gasteiger partial charge in [-0.15, -0.1) is 0 Å². The number of carbonyl (C=O) groups is 1. The maximum absolute atomic E-state index is 12.4. The van der Waals surface area contributed by atoms with E-state index in [1.54, 1.807) is 0 Å². The molecular formula is C20H35N3O3. The smallest absolute Gasteiger partial charge is 0.266 e. The normalized spacial score (nSPS) is 18.3. The summed E-state index contributed by atoms with van der Waals surface area (Å²) in [7, 11) is 0. The van der Waals surface area contributed by atoms with Crippen LogP contribution >= 0.6 is 0 Å². The second-order valence-electron chi connectivity index (χ2n) is 7.03.